The summed E-state index contributed by atoms with van der Waals surface area (Å²) >= 11 is 0. The predicted octanol–water partition coefficient (Wildman–Crippen LogP) is 2.61. The van der Waals surface area contributed by atoms with Gasteiger partial charge in [-0.1, -0.05) is 18.2 Å². The van der Waals surface area contributed by atoms with Crippen LogP contribution in [0.15, 0.2) is 36.1 Å². The first-order valence-electron chi connectivity index (χ1n) is 7.62. The second-order valence-electron chi connectivity index (χ2n) is 5.74. The van der Waals surface area contributed by atoms with Gasteiger partial charge in [0.15, 0.2) is 0 Å². The average Bonchev–Trinajstić information content (AvgIpc) is 2.55. The highest BCUT2D eigenvalue weighted by atomic mass is 16.7. The molecule has 1 unspecified atom stereocenters. The zero-order valence-electron chi connectivity index (χ0n) is 12.8. The van der Waals surface area contributed by atoms with Crippen LogP contribution < -0.4 is 4.74 Å². The van der Waals surface area contributed by atoms with Gasteiger partial charge in [0.1, 0.15) is 11.5 Å². The van der Waals surface area contributed by atoms with Crippen LogP contribution in [-0.4, -0.2) is 44.4 Å². The molecule has 0 spiro atoms. The summed E-state index contributed by atoms with van der Waals surface area (Å²) in [6.07, 6.45) is 3.23. The lowest BCUT2D eigenvalue weighted by Crippen LogP contribution is -2.38. The number of carbonyl (C=O) groups excluding carboxylic acids is 1. The fourth-order valence-corrected chi connectivity index (χ4v) is 3.02. The molecule has 0 saturated carbocycles. The van der Waals surface area contributed by atoms with Crippen molar-refractivity contribution < 1.29 is 19.0 Å². The maximum atomic E-state index is 11.2. The number of hydrogen-bond acceptors (Lipinski definition) is 5. The van der Waals surface area contributed by atoms with E-state index in [0.717, 1.165) is 38.3 Å². The second-order valence-corrected chi connectivity index (χ2v) is 5.74. The molecule has 5 heteroatoms. The van der Waals surface area contributed by atoms with E-state index in [0.29, 0.717) is 18.2 Å². The van der Waals surface area contributed by atoms with Crippen molar-refractivity contribution in [2.75, 3.05) is 33.4 Å². The Hall–Kier alpha value is -2.01. The van der Waals surface area contributed by atoms with Crippen LogP contribution in [0.1, 0.15) is 12.0 Å². The Kier molecular flexibility index (Phi) is 4.63. The number of para-hydroxylation sites is 1. The van der Waals surface area contributed by atoms with Crippen molar-refractivity contribution in [2.24, 2.45) is 5.92 Å². The number of rotatable bonds is 3. The van der Waals surface area contributed by atoms with E-state index in [4.69, 9.17) is 9.47 Å². The summed E-state index contributed by atoms with van der Waals surface area (Å²) in [5.74, 6) is 2.15. The maximum Gasteiger partial charge on any atom is 0.513 e. The van der Waals surface area contributed by atoms with Crippen molar-refractivity contribution in [1.29, 1.82) is 0 Å². The third kappa shape index (κ3) is 3.60. The van der Waals surface area contributed by atoms with Gasteiger partial charge < -0.3 is 14.2 Å². The van der Waals surface area contributed by atoms with Crippen LogP contribution >= 0.6 is 0 Å². The fraction of sp³-hybridized carbons (Fsp3) is 0.471. The van der Waals surface area contributed by atoms with Gasteiger partial charge in [0.25, 0.3) is 0 Å². The molecule has 1 aromatic rings. The predicted molar refractivity (Wildman–Crippen MR) is 81.8 cm³/mol. The Bertz CT molecular complexity index is 570. The van der Waals surface area contributed by atoms with Crippen molar-refractivity contribution in [3.8, 4) is 5.75 Å². The highest BCUT2D eigenvalue weighted by Gasteiger charge is 2.24. The van der Waals surface area contributed by atoms with E-state index in [-0.39, 0.29) is 0 Å². The number of methoxy groups -OCH3 is 1. The quantitative estimate of drug-likeness (QED) is 0.803. The third-order valence-corrected chi connectivity index (χ3v) is 4.05. The van der Waals surface area contributed by atoms with Crippen LogP contribution in [0.4, 0.5) is 4.79 Å². The molecule has 22 heavy (non-hydrogen) atoms. The number of benzene rings is 1. The van der Waals surface area contributed by atoms with Crippen molar-refractivity contribution in [3.05, 3.63) is 41.7 Å². The van der Waals surface area contributed by atoms with Crippen molar-refractivity contribution in [1.82, 2.24) is 4.90 Å². The molecule has 1 aromatic carbocycles. The van der Waals surface area contributed by atoms with Gasteiger partial charge in [-0.2, -0.15) is 0 Å². The topological polar surface area (TPSA) is 48.0 Å². The molecule has 0 amide bonds. The lowest BCUT2D eigenvalue weighted by molar-refractivity contribution is 0.0833. The van der Waals surface area contributed by atoms with Crippen LogP contribution in [0, 0.1) is 5.92 Å². The number of fused-ring (bicyclic) bond motifs is 1. The minimum Gasteiger partial charge on any atom is -0.493 e. The number of ether oxygens (including phenoxy) is 3. The Labute approximate surface area is 130 Å². The minimum absolute atomic E-state index is 0.465. The highest BCUT2D eigenvalue weighted by molar-refractivity contribution is 5.61. The highest BCUT2D eigenvalue weighted by Crippen LogP contribution is 2.27. The fourth-order valence-electron chi connectivity index (χ4n) is 3.02. The Balaban J connectivity index is 1.54. The summed E-state index contributed by atoms with van der Waals surface area (Å²) in [7, 11) is 1.32. The molecule has 0 fully saturated rings. The normalized spacial score (nSPS) is 21.3. The van der Waals surface area contributed by atoms with Gasteiger partial charge in [-0.3, -0.25) is 4.90 Å². The van der Waals surface area contributed by atoms with Gasteiger partial charge in [0, 0.05) is 19.0 Å². The molecule has 3 rings (SSSR count). The summed E-state index contributed by atoms with van der Waals surface area (Å²) in [6.45, 7) is 3.31. The average molecular weight is 303 g/mol. The minimum atomic E-state index is -0.650. The van der Waals surface area contributed by atoms with Gasteiger partial charge >= 0.3 is 6.16 Å². The summed E-state index contributed by atoms with van der Waals surface area (Å²) in [5, 5.41) is 0. The number of hydrogen-bond donors (Lipinski definition) is 0. The largest absolute Gasteiger partial charge is 0.513 e. The first-order chi connectivity index (χ1) is 10.7. The first-order valence-corrected chi connectivity index (χ1v) is 7.62. The van der Waals surface area contributed by atoms with Gasteiger partial charge in [-0.05, 0) is 30.5 Å². The molecular formula is C17H21NO4. The van der Waals surface area contributed by atoms with Gasteiger partial charge in [0.05, 0.1) is 20.3 Å². The smallest absolute Gasteiger partial charge is 0.493 e. The molecule has 0 N–H and O–H groups in total. The van der Waals surface area contributed by atoms with Crippen LogP contribution in [0.25, 0.3) is 0 Å². The van der Waals surface area contributed by atoms with E-state index in [2.05, 4.69) is 21.8 Å². The molecule has 2 heterocycles. The zero-order valence-corrected chi connectivity index (χ0v) is 12.8. The van der Waals surface area contributed by atoms with E-state index in [1.54, 1.807) is 0 Å². The monoisotopic (exact) mass is 303 g/mol. The SMILES string of the molecule is COC(=O)OC1=CCCN(CC2COc3ccccc3C2)C1. The molecule has 2 aliphatic heterocycles. The summed E-state index contributed by atoms with van der Waals surface area (Å²) in [6, 6.07) is 8.21. The molecule has 0 aromatic heterocycles. The van der Waals surface area contributed by atoms with E-state index >= 15 is 0 Å². The standard InChI is InChI=1S/C17H21NO4/c1-20-17(19)22-15-6-4-8-18(11-15)10-13-9-14-5-2-3-7-16(14)21-12-13/h2-3,5-7,13H,4,8-12H2,1H3. The van der Waals surface area contributed by atoms with Crippen molar-refractivity contribution in [3.63, 3.8) is 0 Å². The van der Waals surface area contributed by atoms with Crippen LogP contribution in [0.2, 0.25) is 0 Å². The molecule has 118 valence electrons. The Morgan fingerprint density at radius 2 is 2.27 bits per heavy atom. The Morgan fingerprint density at radius 3 is 3.14 bits per heavy atom. The lowest BCUT2D eigenvalue weighted by atomic mass is 9.96. The van der Waals surface area contributed by atoms with Crippen LogP contribution in [0.3, 0.4) is 0 Å². The van der Waals surface area contributed by atoms with E-state index in [1.807, 2.05) is 18.2 Å². The van der Waals surface area contributed by atoms with Crippen LogP contribution in [0.5, 0.6) is 5.75 Å². The molecule has 0 bridgehead atoms. The van der Waals surface area contributed by atoms with Crippen molar-refractivity contribution in [2.45, 2.75) is 12.8 Å². The molecule has 5 nitrogen and oxygen atoms in total. The number of carbonyl (C=O) groups is 1. The van der Waals surface area contributed by atoms with E-state index in [1.165, 1.54) is 12.7 Å². The molecule has 1 atom stereocenters. The van der Waals surface area contributed by atoms with Gasteiger partial charge in [-0.25, -0.2) is 4.79 Å². The van der Waals surface area contributed by atoms with Crippen molar-refractivity contribution >= 4 is 6.16 Å². The summed E-state index contributed by atoms with van der Waals surface area (Å²) in [4.78, 5) is 13.5. The molecule has 0 aliphatic carbocycles. The lowest BCUT2D eigenvalue weighted by Gasteiger charge is -2.32. The second kappa shape index (κ2) is 6.83. The third-order valence-electron chi connectivity index (χ3n) is 4.05. The molecule has 0 saturated heterocycles. The number of nitrogens with zero attached hydrogens (tertiary/aromatic N) is 1. The van der Waals surface area contributed by atoms with E-state index in [9.17, 15) is 4.79 Å². The summed E-state index contributed by atoms with van der Waals surface area (Å²) < 4.78 is 15.5. The molecule has 2 aliphatic rings. The first kappa shape index (κ1) is 14.9. The zero-order chi connectivity index (χ0) is 15.4. The molecular weight excluding hydrogens is 282 g/mol. The van der Waals surface area contributed by atoms with E-state index < -0.39 is 6.16 Å². The molecule has 0 radical (unpaired) electrons. The van der Waals surface area contributed by atoms with Crippen LogP contribution in [-0.2, 0) is 15.9 Å². The van der Waals surface area contributed by atoms with Gasteiger partial charge in [0.2, 0.25) is 0 Å². The van der Waals surface area contributed by atoms with Gasteiger partial charge in [-0.15, -0.1) is 0 Å². The maximum absolute atomic E-state index is 11.2. The summed E-state index contributed by atoms with van der Waals surface area (Å²) in [5.41, 5.74) is 1.28. The Morgan fingerprint density at radius 1 is 1.41 bits per heavy atom.